The van der Waals surface area contributed by atoms with Crippen LogP contribution in [0.1, 0.15) is 37.9 Å². The van der Waals surface area contributed by atoms with E-state index in [1.54, 1.807) is 6.07 Å². The van der Waals surface area contributed by atoms with Gasteiger partial charge in [-0.15, -0.1) is 0 Å². The maximum atomic E-state index is 12.9. The van der Waals surface area contributed by atoms with Gasteiger partial charge in [-0.25, -0.2) is 9.78 Å². The molecule has 0 aliphatic rings. The Hall–Kier alpha value is -3.67. The summed E-state index contributed by atoms with van der Waals surface area (Å²) in [5, 5.41) is 0.661. The number of ketones is 1. The van der Waals surface area contributed by atoms with E-state index in [-0.39, 0.29) is 12.4 Å². The van der Waals surface area contributed by atoms with Gasteiger partial charge in [0.1, 0.15) is 11.5 Å². The van der Waals surface area contributed by atoms with Crippen molar-refractivity contribution in [2.24, 2.45) is 7.05 Å². The maximum absolute atomic E-state index is 12.9. The first-order valence-electron chi connectivity index (χ1n) is 9.65. The minimum Gasteiger partial charge on any atom is -0.460 e. The van der Waals surface area contributed by atoms with Crippen LogP contribution in [0.15, 0.2) is 52.9 Å². The second-order valence-corrected chi connectivity index (χ2v) is 7.33. The van der Waals surface area contributed by atoms with Crippen LogP contribution in [-0.2, 0) is 11.8 Å². The normalized spacial score (nSPS) is 11.1. The molecule has 30 heavy (non-hydrogen) atoms. The third-order valence-electron chi connectivity index (χ3n) is 5.34. The number of pyridine rings is 1. The monoisotopic (exact) mass is 402 g/mol. The van der Waals surface area contributed by atoms with E-state index in [0.717, 1.165) is 17.1 Å². The first-order valence-corrected chi connectivity index (χ1v) is 9.65. The summed E-state index contributed by atoms with van der Waals surface area (Å²) in [6.45, 7) is 5.32. The Balaban J connectivity index is 1.64. The van der Waals surface area contributed by atoms with E-state index in [2.05, 4.69) is 4.98 Å². The Kier molecular flexibility index (Phi) is 4.99. The molecule has 4 rings (SSSR count). The number of ether oxygens (including phenoxy) is 1. The first kappa shape index (κ1) is 19.6. The number of rotatable bonds is 5. The Labute approximate surface area is 174 Å². The van der Waals surface area contributed by atoms with Crippen LogP contribution in [-0.4, -0.2) is 27.9 Å². The number of fused-ring (bicyclic) bond motifs is 1. The van der Waals surface area contributed by atoms with E-state index < -0.39 is 5.97 Å². The fourth-order valence-corrected chi connectivity index (χ4v) is 3.47. The number of aryl methyl sites for hydroxylation is 2. The average Bonchev–Trinajstić information content (AvgIpc) is 3.29. The maximum Gasteiger partial charge on any atom is 0.339 e. The third-order valence-corrected chi connectivity index (χ3v) is 5.34. The Morgan fingerprint density at radius 3 is 2.47 bits per heavy atom. The zero-order valence-corrected chi connectivity index (χ0v) is 17.4. The number of nitrogens with zero attached hydrogens (tertiary/aromatic N) is 2. The van der Waals surface area contributed by atoms with Crippen molar-refractivity contribution in [3.05, 3.63) is 76.8 Å². The molecular weight excluding hydrogens is 380 g/mol. The Morgan fingerprint density at radius 1 is 1.03 bits per heavy atom. The molecule has 0 N–H and O–H groups in total. The molecule has 0 spiro atoms. The zero-order valence-electron chi connectivity index (χ0n) is 17.4. The third kappa shape index (κ3) is 3.52. The molecule has 0 saturated carbocycles. The smallest absolute Gasteiger partial charge is 0.339 e. The number of aromatic nitrogens is 2. The van der Waals surface area contributed by atoms with E-state index in [4.69, 9.17) is 9.15 Å². The van der Waals surface area contributed by atoms with Crippen LogP contribution in [0.2, 0.25) is 0 Å². The number of carbonyl (C=O) groups is 2. The summed E-state index contributed by atoms with van der Waals surface area (Å²) in [6, 6.07) is 14.4. The highest BCUT2D eigenvalue weighted by Gasteiger charge is 2.20. The Morgan fingerprint density at radius 2 is 1.80 bits per heavy atom. The highest BCUT2D eigenvalue weighted by atomic mass is 16.5. The van der Waals surface area contributed by atoms with Gasteiger partial charge in [0.2, 0.25) is 5.78 Å². The van der Waals surface area contributed by atoms with Gasteiger partial charge < -0.3 is 13.7 Å². The fraction of sp³-hybridized carbons (Fsp3) is 0.208. The summed E-state index contributed by atoms with van der Waals surface area (Å²) in [5.41, 5.74) is 3.91. The van der Waals surface area contributed by atoms with Gasteiger partial charge in [-0.05, 0) is 51.1 Å². The molecule has 0 atom stereocenters. The number of furan rings is 1. The SMILES string of the molecule is Cc1ccc(-c2cc(C(=O)OCC(=O)c3cc(C)n(C)c3C)c3ccccc3n2)o1. The molecule has 0 fully saturated rings. The van der Waals surface area contributed by atoms with Crippen molar-refractivity contribution in [3.63, 3.8) is 0 Å². The van der Waals surface area contributed by atoms with Crippen molar-refractivity contribution >= 4 is 22.7 Å². The van der Waals surface area contributed by atoms with Crippen LogP contribution < -0.4 is 0 Å². The number of esters is 1. The number of hydrogen-bond acceptors (Lipinski definition) is 5. The van der Waals surface area contributed by atoms with Gasteiger partial charge in [0.25, 0.3) is 0 Å². The molecule has 6 nitrogen and oxygen atoms in total. The molecule has 0 saturated heterocycles. The minimum absolute atomic E-state index is 0.232. The van der Waals surface area contributed by atoms with Crippen molar-refractivity contribution in [1.29, 1.82) is 0 Å². The second-order valence-electron chi connectivity index (χ2n) is 7.33. The van der Waals surface area contributed by atoms with Crippen molar-refractivity contribution in [2.75, 3.05) is 6.61 Å². The summed E-state index contributed by atoms with van der Waals surface area (Å²) in [4.78, 5) is 30.1. The van der Waals surface area contributed by atoms with Gasteiger partial charge in [0.05, 0.1) is 11.1 Å². The lowest BCUT2D eigenvalue weighted by atomic mass is 10.1. The molecule has 0 amide bonds. The molecule has 4 aromatic rings. The number of para-hydroxylation sites is 1. The molecule has 0 radical (unpaired) electrons. The van der Waals surface area contributed by atoms with Crippen LogP contribution >= 0.6 is 0 Å². The summed E-state index contributed by atoms with van der Waals surface area (Å²) in [5.74, 6) is 0.517. The van der Waals surface area contributed by atoms with Gasteiger partial charge in [-0.3, -0.25) is 4.79 Å². The molecule has 6 heteroatoms. The van der Waals surface area contributed by atoms with E-state index in [9.17, 15) is 9.59 Å². The summed E-state index contributed by atoms with van der Waals surface area (Å²) >= 11 is 0. The molecule has 0 bridgehead atoms. The zero-order chi connectivity index (χ0) is 21.4. The van der Waals surface area contributed by atoms with Crippen LogP contribution in [0.3, 0.4) is 0 Å². The molecule has 0 aliphatic heterocycles. The highest BCUT2D eigenvalue weighted by Crippen LogP contribution is 2.27. The molecular formula is C24H22N2O4. The molecule has 152 valence electrons. The largest absolute Gasteiger partial charge is 0.460 e. The van der Waals surface area contributed by atoms with Gasteiger partial charge in [-0.2, -0.15) is 0 Å². The summed E-state index contributed by atoms with van der Waals surface area (Å²) in [6.07, 6.45) is 0. The summed E-state index contributed by atoms with van der Waals surface area (Å²) in [7, 11) is 1.90. The average molecular weight is 402 g/mol. The van der Waals surface area contributed by atoms with E-state index in [1.807, 2.05) is 74.9 Å². The predicted molar refractivity (Wildman–Crippen MR) is 114 cm³/mol. The molecule has 1 aromatic carbocycles. The lowest BCUT2D eigenvalue weighted by Crippen LogP contribution is -2.15. The highest BCUT2D eigenvalue weighted by molar-refractivity contribution is 6.06. The topological polar surface area (TPSA) is 74.3 Å². The molecule has 0 aliphatic carbocycles. The van der Waals surface area contributed by atoms with E-state index in [1.165, 1.54) is 0 Å². The number of benzene rings is 1. The molecule has 0 unspecified atom stereocenters. The standard InChI is InChI=1S/C24H22N2O4/c1-14-11-18(16(3)26(14)4)22(27)13-29-24(28)19-12-21(23-10-9-15(2)30-23)25-20-8-6-5-7-17(19)20/h5-12H,13H2,1-4H3. The van der Waals surface area contributed by atoms with E-state index >= 15 is 0 Å². The first-order chi connectivity index (χ1) is 14.3. The van der Waals surface area contributed by atoms with Gasteiger partial charge in [0.15, 0.2) is 12.4 Å². The van der Waals surface area contributed by atoms with Crippen LogP contribution in [0.4, 0.5) is 0 Å². The van der Waals surface area contributed by atoms with Crippen molar-refractivity contribution in [2.45, 2.75) is 20.8 Å². The number of carbonyl (C=O) groups excluding carboxylic acids is 2. The predicted octanol–water partition coefficient (Wildman–Crippen LogP) is 4.80. The quantitative estimate of drug-likeness (QED) is 0.354. The summed E-state index contributed by atoms with van der Waals surface area (Å²) < 4.78 is 13.0. The van der Waals surface area contributed by atoms with Crippen molar-refractivity contribution < 1.29 is 18.7 Å². The molecule has 3 aromatic heterocycles. The van der Waals surface area contributed by atoms with Crippen molar-refractivity contribution in [3.8, 4) is 11.5 Å². The number of Topliss-reactive ketones (excluding diaryl/α,β-unsaturated/α-hetero) is 1. The second kappa shape index (κ2) is 7.63. The van der Waals surface area contributed by atoms with Gasteiger partial charge in [0, 0.05) is 29.4 Å². The van der Waals surface area contributed by atoms with Crippen LogP contribution in [0, 0.1) is 20.8 Å². The number of hydrogen-bond donors (Lipinski definition) is 0. The van der Waals surface area contributed by atoms with Gasteiger partial charge >= 0.3 is 5.97 Å². The fourth-order valence-electron chi connectivity index (χ4n) is 3.47. The lowest BCUT2D eigenvalue weighted by molar-refractivity contribution is 0.0476. The van der Waals surface area contributed by atoms with Crippen molar-refractivity contribution in [1.82, 2.24) is 9.55 Å². The van der Waals surface area contributed by atoms with Gasteiger partial charge in [-0.1, -0.05) is 18.2 Å². The van der Waals surface area contributed by atoms with E-state index in [0.29, 0.717) is 33.5 Å². The van der Waals surface area contributed by atoms with Crippen LogP contribution in [0.5, 0.6) is 0 Å². The minimum atomic E-state index is -0.572. The Bertz CT molecular complexity index is 1280. The molecule has 3 heterocycles. The van der Waals surface area contributed by atoms with Crippen LogP contribution in [0.25, 0.3) is 22.4 Å². The lowest BCUT2D eigenvalue weighted by Gasteiger charge is -2.09.